The standard InChI is InChI=1S/C12H14N8S/c1-13-10-17-11(15-5-4-9-3-2-6-21-9)19-12(18-10)20-8-14-7-16-20/h2-3,6-8H,4-5H2,1H3,(H2,13,15,17,18,19). The molecule has 3 heterocycles. The van der Waals surface area contributed by atoms with Crippen molar-refractivity contribution < 1.29 is 0 Å². The van der Waals surface area contributed by atoms with Crippen LogP contribution in [0.3, 0.4) is 0 Å². The summed E-state index contributed by atoms with van der Waals surface area (Å²) in [6.45, 7) is 0.754. The number of nitrogens with one attached hydrogen (secondary N) is 2. The Hall–Kier alpha value is -2.55. The predicted octanol–water partition coefficient (Wildman–Crippen LogP) is 1.21. The summed E-state index contributed by atoms with van der Waals surface area (Å²) in [5.41, 5.74) is 0. The Kier molecular flexibility index (Phi) is 4.01. The lowest BCUT2D eigenvalue weighted by atomic mass is 10.3. The number of hydrogen-bond donors (Lipinski definition) is 2. The second-order valence-electron chi connectivity index (χ2n) is 4.13. The van der Waals surface area contributed by atoms with E-state index in [1.165, 1.54) is 15.9 Å². The van der Waals surface area contributed by atoms with E-state index in [9.17, 15) is 0 Å². The second kappa shape index (κ2) is 6.27. The van der Waals surface area contributed by atoms with Gasteiger partial charge < -0.3 is 10.6 Å². The Morgan fingerprint density at radius 2 is 2.14 bits per heavy atom. The van der Waals surface area contributed by atoms with E-state index < -0.39 is 0 Å². The fraction of sp³-hybridized carbons (Fsp3) is 0.250. The van der Waals surface area contributed by atoms with E-state index in [-0.39, 0.29) is 0 Å². The third kappa shape index (κ3) is 3.31. The van der Waals surface area contributed by atoms with Crippen molar-refractivity contribution in [3.8, 4) is 5.95 Å². The van der Waals surface area contributed by atoms with Crippen LogP contribution in [0.1, 0.15) is 4.88 Å². The minimum atomic E-state index is 0.422. The molecule has 21 heavy (non-hydrogen) atoms. The summed E-state index contributed by atoms with van der Waals surface area (Å²) in [6, 6.07) is 4.16. The number of rotatable bonds is 6. The molecule has 0 aliphatic carbocycles. The monoisotopic (exact) mass is 302 g/mol. The van der Waals surface area contributed by atoms with Gasteiger partial charge in [0.05, 0.1) is 0 Å². The van der Waals surface area contributed by atoms with E-state index in [1.807, 2.05) is 6.07 Å². The van der Waals surface area contributed by atoms with Crippen molar-refractivity contribution in [2.45, 2.75) is 6.42 Å². The van der Waals surface area contributed by atoms with Crippen molar-refractivity contribution in [1.29, 1.82) is 0 Å². The average molecular weight is 302 g/mol. The fourth-order valence-corrected chi connectivity index (χ4v) is 2.43. The summed E-state index contributed by atoms with van der Waals surface area (Å²) in [6.07, 6.45) is 3.91. The molecule has 0 spiro atoms. The largest absolute Gasteiger partial charge is 0.357 e. The first-order chi connectivity index (χ1) is 10.3. The molecule has 0 aliphatic heterocycles. The van der Waals surface area contributed by atoms with Gasteiger partial charge in [0.25, 0.3) is 5.95 Å². The minimum absolute atomic E-state index is 0.422. The fourth-order valence-electron chi connectivity index (χ4n) is 1.72. The molecule has 0 radical (unpaired) electrons. The molecule has 0 amide bonds. The van der Waals surface area contributed by atoms with Gasteiger partial charge in [0.1, 0.15) is 12.7 Å². The molecule has 0 bridgehead atoms. The first-order valence-corrected chi connectivity index (χ1v) is 7.28. The third-order valence-electron chi connectivity index (χ3n) is 2.71. The van der Waals surface area contributed by atoms with Gasteiger partial charge >= 0.3 is 0 Å². The minimum Gasteiger partial charge on any atom is -0.357 e. The summed E-state index contributed by atoms with van der Waals surface area (Å²) in [4.78, 5) is 18.1. The van der Waals surface area contributed by atoms with E-state index in [0.717, 1.165) is 13.0 Å². The summed E-state index contributed by atoms with van der Waals surface area (Å²) in [5.74, 6) is 1.41. The molecular formula is C12H14N8S. The highest BCUT2D eigenvalue weighted by molar-refractivity contribution is 7.09. The second-order valence-corrected chi connectivity index (χ2v) is 5.16. The number of aromatic nitrogens is 6. The van der Waals surface area contributed by atoms with Crippen LogP contribution in [0.5, 0.6) is 0 Å². The average Bonchev–Trinajstić information content (AvgIpc) is 3.20. The predicted molar refractivity (Wildman–Crippen MR) is 80.8 cm³/mol. The van der Waals surface area contributed by atoms with Crippen molar-refractivity contribution in [2.24, 2.45) is 0 Å². The zero-order valence-electron chi connectivity index (χ0n) is 11.4. The van der Waals surface area contributed by atoms with Crippen LogP contribution in [-0.4, -0.2) is 43.3 Å². The molecule has 108 valence electrons. The van der Waals surface area contributed by atoms with Crippen molar-refractivity contribution in [1.82, 2.24) is 29.7 Å². The summed E-state index contributed by atoms with van der Waals surface area (Å²) in [7, 11) is 1.76. The molecule has 3 aromatic rings. The number of nitrogens with zero attached hydrogens (tertiary/aromatic N) is 6. The lowest BCUT2D eigenvalue weighted by Crippen LogP contribution is -2.13. The van der Waals surface area contributed by atoms with Crippen LogP contribution < -0.4 is 10.6 Å². The van der Waals surface area contributed by atoms with Crippen molar-refractivity contribution in [3.05, 3.63) is 35.0 Å². The van der Waals surface area contributed by atoms with Crippen LogP contribution in [0.4, 0.5) is 11.9 Å². The van der Waals surface area contributed by atoms with Gasteiger partial charge in [0.2, 0.25) is 11.9 Å². The molecule has 0 aromatic carbocycles. The van der Waals surface area contributed by atoms with Gasteiger partial charge in [-0.3, -0.25) is 0 Å². The van der Waals surface area contributed by atoms with E-state index in [2.05, 4.69) is 47.1 Å². The van der Waals surface area contributed by atoms with Crippen LogP contribution >= 0.6 is 11.3 Å². The van der Waals surface area contributed by atoms with Crippen LogP contribution in [0, 0.1) is 0 Å². The Morgan fingerprint density at radius 1 is 1.24 bits per heavy atom. The van der Waals surface area contributed by atoms with Gasteiger partial charge in [-0.05, 0) is 17.9 Å². The zero-order valence-corrected chi connectivity index (χ0v) is 12.2. The molecule has 0 saturated carbocycles. The SMILES string of the molecule is CNc1nc(NCCc2cccs2)nc(-n2cncn2)n1. The first-order valence-electron chi connectivity index (χ1n) is 6.40. The lowest BCUT2D eigenvalue weighted by molar-refractivity contribution is 0.795. The normalized spacial score (nSPS) is 10.5. The highest BCUT2D eigenvalue weighted by Crippen LogP contribution is 2.11. The maximum Gasteiger partial charge on any atom is 0.258 e. The van der Waals surface area contributed by atoms with E-state index in [1.54, 1.807) is 24.7 Å². The van der Waals surface area contributed by atoms with E-state index in [0.29, 0.717) is 17.8 Å². The Morgan fingerprint density at radius 3 is 2.86 bits per heavy atom. The molecule has 9 heteroatoms. The molecule has 8 nitrogen and oxygen atoms in total. The quantitative estimate of drug-likeness (QED) is 0.707. The Labute approximate surface area is 125 Å². The topological polar surface area (TPSA) is 93.4 Å². The number of thiophene rings is 1. The molecular weight excluding hydrogens is 288 g/mol. The van der Waals surface area contributed by atoms with Crippen LogP contribution in [0.15, 0.2) is 30.2 Å². The van der Waals surface area contributed by atoms with Gasteiger partial charge in [0.15, 0.2) is 0 Å². The highest BCUT2D eigenvalue weighted by atomic mass is 32.1. The number of anilines is 2. The van der Waals surface area contributed by atoms with Crippen molar-refractivity contribution >= 4 is 23.2 Å². The smallest absolute Gasteiger partial charge is 0.258 e. The highest BCUT2D eigenvalue weighted by Gasteiger charge is 2.07. The van der Waals surface area contributed by atoms with Crippen molar-refractivity contribution in [3.63, 3.8) is 0 Å². The molecule has 2 N–H and O–H groups in total. The van der Waals surface area contributed by atoms with Gasteiger partial charge in [-0.2, -0.15) is 24.7 Å². The molecule has 0 saturated heterocycles. The zero-order chi connectivity index (χ0) is 14.5. The maximum atomic E-state index is 4.33. The van der Waals surface area contributed by atoms with E-state index in [4.69, 9.17) is 0 Å². The molecule has 3 aromatic heterocycles. The first kappa shape index (κ1) is 13.4. The molecule has 0 unspecified atom stereocenters. The summed E-state index contributed by atoms with van der Waals surface area (Å²) in [5, 5.41) is 12.2. The van der Waals surface area contributed by atoms with Crippen LogP contribution in [0.25, 0.3) is 5.95 Å². The Bertz CT molecular complexity index is 679. The van der Waals surface area contributed by atoms with Gasteiger partial charge in [0, 0.05) is 18.5 Å². The molecule has 3 rings (SSSR count). The third-order valence-corrected chi connectivity index (χ3v) is 3.64. The molecule has 0 atom stereocenters. The van der Waals surface area contributed by atoms with Crippen LogP contribution in [-0.2, 0) is 6.42 Å². The molecule has 0 fully saturated rings. The van der Waals surface area contributed by atoms with E-state index >= 15 is 0 Å². The summed E-state index contributed by atoms with van der Waals surface area (Å²) < 4.78 is 1.49. The molecule has 0 aliphatic rings. The number of hydrogen-bond acceptors (Lipinski definition) is 8. The van der Waals surface area contributed by atoms with Gasteiger partial charge in [-0.1, -0.05) is 6.07 Å². The lowest BCUT2D eigenvalue weighted by Gasteiger charge is -2.07. The Balaban J connectivity index is 1.73. The van der Waals surface area contributed by atoms with Gasteiger partial charge in [-0.15, -0.1) is 11.3 Å². The van der Waals surface area contributed by atoms with Gasteiger partial charge in [-0.25, -0.2) is 4.98 Å². The van der Waals surface area contributed by atoms with Crippen molar-refractivity contribution in [2.75, 3.05) is 24.2 Å². The maximum absolute atomic E-state index is 4.33. The van der Waals surface area contributed by atoms with Crippen LogP contribution in [0.2, 0.25) is 0 Å². The summed E-state index contributed by atoms with van der Waals surface area (Å²) >= 11 is 1.74.